The van der Waals surface area contributed by atoms with Crippen molar-refractivity contribution in [2.75, 3.05) is 18.9 Å². The maximum absolute atomic E-state index is 12.9. The number of amides is 2. The lowest BCUT2D eigenvalue weighted by atomic mass is 9.97. The Morgan fingerprint density at radius 3 is 2.69 bits per heavy atom. The van der Waals surface area contributed by atoms with Crippen LogP contribution in [0.4, 0.5) is 5.69 Å². The molecular weight excluding hydrogens is 370 g/mol. The van der Waals surface area contributed by atoms with E-state index in [0.717, 1.165) is 10.8 Å². The van der Waals surface area contributed by atoms with E-state index >= 15 is 0 Å². The van der Waals surface area contributed by atoms with Crippen molar-refractivity contribution in [2.24, 2.45) is 5.92 Å². The Hall–Kier alpha value is -3.35. The summed E-state index contributed by atoms with van der Waals surface area (Å²) >= 11 is 0. The van der Waals surface area contributed by atoms with E-state index in [0.29, 0.717) is 30.6 Å². The molecule has 0 spiro atoms. The number of ether oxygens (including phenoxy) is 1. The Morgan fingerprint density at radius 1 is 1.31 bits per heavy atom. The normalized spacial score (nSPS) is 17.3. The Bertz CT molecular complexity index is 954. The van der Waals surface area contributed by atoms with Gasteiger partial charge in [-0.05, 0) is 42.7 Å². The third-order valence-electron chi connectivity index (χ3n) is 4.93. The van der Waals surface area contributed by atoms with Gasteiger partial charge in [-0.2, -0.15) is 0 Å². The average molecular weight is 395 g/mol. The number of nitrogens with two attached hydrogens (primary N) is 1. The van der Waals surface area contributed by atoms with Gasteiger partial charge in [-0.3, -0.25) is 9.59 Å². The molecule has 7 heteroatoms. The van der Waals surface area contributed by atoms with Crippen LogP contribution in [-0.4, -0.2) is 37.0 Å². The minimum atomic E-state index is -0.508. The summed E-state index contributed by atoms with van der Waals surface area (Å²) < 4.78 is 4.90. The SMILES string of the molecule is CCOC(=O)/C=C/[C@H](C[C@@H]1CCNC1=O)NC(=O)c1cc2ccccc2cc1N. The van der Waals surface area contributed by atoms with Crippen molar-refractivity contribution in [1.29, 1.82) is 0 Å². The van der Waals surface area contributed by atoms with Crippen molar-refractivity contribution in [2.45, 2.75) is 25.8 Å². The predicted octanol–water partition coefficient (Wildman–Crippen LogP) is 2.17. The highest BCUT2D eigenvalue weighted by Crippen LogP contribution is 2.23. The summed E-state index contributed by atoms with van der Waals surface area (Å²) in [6.45, 7) is 2.60. The smallest absolute Gasteiger partial charge is 0.330 e. The van der Waals surface area contributed by atoms with Gasteiger partial charge in [-0.15, -0.1) is 0 Å². The second kappa shape index (κ2) is 9.23. The number of carbonyl (C=O) groups is 3. The molecule has 7 nitrogen and oxygen atoms in total. The first-order chi connectivity index (χ1) is 14.0. The van der Waals surface area contributed by atoms with Crippen LogP contribution in [0.1, 0.15) is 30.1 Å². The fourth-order valence-corrected chi connectivity index (χ4v) is 3.45. The molecule has 2 atom stereocenters. The van der Waals surface area contributed by atoms with E-state index < -0.39 is 12.0 Å². The molecule has 0 radical (unpaired) electrons. The molecular formula is C22H25N3O4. The van der Waals surface area contributed by atoms with Gasteiger partial charge in [-0.25, -0.2) is 4.79 Å². The van der Waals surface area contributed by atoms with E-state index in [2.05, 4.69) is 10.6 Å². The van der Waals surface area contributed by atoms with Crippen LogP contribution in [0.3, 0.4) is 0 Å². The van der Waals surface area contributed by atoms with E-state index in [9.17, 15) is 14.4 Å². The van der Waals surface area contributed by atoms with Gasteiger partial charge in [0.05, 0.1) is 12.2 Å². The summed E-state index contributed by atoms with van der Waals surface area (Å²) in [6, 6.07) is 10.6. The van der Waals surface area contributed by atoms with Gasteiger partial charge in [0.1, 0.15) is 0 Å². The third-order valence-corrected chi connectivity index (χ3v) is 4.93. The Labute approximate surface area is 169 Å². The number of fused-ring (bicyclic) bond motifs is 1. The molecule has 1 aliphatic heterocycles. The molecule has 2 aromatic rings. The largest absolute Gasteiger partial charge is 0.463 e. The lowest BCUT2D eigenvalue weighted by Crippen LogP contribution is -2.36. The van der Waals surface area contributed by atoms with E-state index in [4.69, 9.17) is 10.5 Å². The van der Waals surface area contributed by atoms with Crippen molar-refractivity contribution < 1.29 is 19.1 Å². The molecule has 0 aliphatic carbocycles. The standard InChI is InChI=1S/C22H25N3O4/c1-2-29-20(26)8-7-17(11-16-9-10-24-21(16)27)25-22(28)18-12-14-5-3-4-6-15(14)13-19(18)23/h3-8,12-13,16-17H,2,9-11,23H2,1H3,(H,24,27)(H,25,28)/b8-7+/t16-,17+/m0/s1. The second-order valence-electron chi connectivity index (χ2n) is 6.99. The molecule has 3 rings (SSSR count). The quantitative estimate of drug-likeness (QED) is 0.378. The van der Waals surface area contributed by atoms with Gasteiger partial charge >= 0.3 is 5.97 Å². The maximum Gasteiger partial charge on any atom is 0.330 e. The molecule has 2 aromatic carbocycles. The van der Waals surface area contributed by atoms with Crippen LogP contribution in [0.25, 0.3) is 10.8 Å². The zero-order valence-electron chi connectivity index (χ0n) is 16.3. The molecule has 4 N–H and O–H groups in total. The Morgan fingerprint density at radius 2 is 2.03 bits per heavy atom. The van der Waals surface area contributed by atoms with Crippen molar-refractivity contribution >= 4 is 34.2 Å². The minimum Gasteiger partial charge on any atom is -0.463 e. The molecule has 29 heavy (non-hydrogen) atoms. The summed E-state index contributed by atoms with van der Waals surface area (Å²) in [7, 11) is 0. The van der Waals surface area contributed by atoms with Crippen LogP contribution in [0.2, 0.25) is 0 Å². The summed E-state index contributed by atoms with van der Waals surface area (Å²) in [5, 5.41) is 7.53. The molecule has 1 saturated heterocycles. The monoisotopic (exact) mass is 395 g/mol. The van der Waals surface area contributed by atoms with Crippen molar-refractivity contribution in [1.82, 2.24) is 10.6 Å². The number of esters is 1. The maximum atomic E-state index is 12.9. The summed E-state index contributed by atoms with van der Waals surface area (Å²) in [5.41, 5.74) is 6.82. The first-order valence-corrected chi connectivity index (χ1v) is 9.69. The van der Waals surface area contributed by atoms with Gasteiger partial charge in [0.15, 0.2) is 0 Å². The van der Waals surface area contributed by atoms with Crippen LogP contribution in [0, 0.1) is 5.92 Å². The summed E-state index contributed by atoms with van der Waals surface area (Å²) in [4.78, 5) is 36.5. The molecule has 0 unspecified atom stereocenters. The zero-order valence-corrected chi connectivity index (χ0v) is 16.3. The fraction of sp³-hybridized carbons (Fsp3) is 0.318. The number of hydrogen-bond donors (Lipinski definition) is 3. The second-order valence-corrected chi connectivity index (χ2v) is 6.99. The highest BCUT2D eigenvalue weighted by Gasteiger charge is 2.27. The molecule has 0 aromatic heterocycles. The number of anilines is 1. The number of nitrogens with one attached hydrogen (secondary N) is 2. The zero-order chi connectivity index (χ0) is 20.8. The lowest BCUT2D eigenvalue weighted by Gasteiger charge is -2.19. The molecule has 0 saturated carbocycles. The highest BCUT2D eigenvalue weighted by molar-refractivity contribution is 6.04. The van der Waals surface area contributed by atoms with E-state index in [1.807, 2.05) is 24.3 Å². The summed E-state index contributed by atoms with van der Waals surface area (Å²) in [5.74, 6) is -1.11. The Balaban J connectivity index is 1.80. The van der Waals surface area contributed by atoms with Gasteiger partial charge in [-0.1, -0.05) is 30.3 Å². The Kier molecular flexibility index (Phi) is 6.49. The first kappa shape index (κ1) is 20.4. The third kappa shape index (κ3) is 5.13. The molecule has 2 amide bonds. The van der Waals surface area contributed by atoms with Gasteiger partial charge in [0, 0.05) is 30.3 Å². The summed E-state index contributed by atoms with van der Waals surface area (Å²) in [6.07, 6.45) is 3.93. The number of hydrogen-bond acceptors (Lipinski definition) is 5. The van der Waals surface area contributed by atoms with Crippen LogP contribution >= 0.6 is 0 Å². The van der Waals surface area contributed by atoms with E-state index in [-0.39, 0.29) is 24.3 Å². The van der Waals surface area contributed by atoms with Gasteiger partial charge in [0.2, 0.25) is 5.91 Å². The number of rotatable bonds is 7. The van der Waals surface area contributed by atoms with E-state index in [1.165, 1.54) is 6.08 Å². The number of nitrogen functional groups attached to an aromatic ring is 1. The van der Waals surface area contributed by atoms with Crippen molar-refractivity contribution in [3.05, 3.63) is 54.1 Å². The topological polar surface area (TPSA) is 111 Å². The van der Waals surface area contributed by atoms with Gasteiger partial charge < -0.3 is 21.1 Å². The van der Waals surface area contributed by atoms with Crippen molar-refractivity contribution in [3.8, 4) is 0 Å². The lowest BCUT2D eigenvalue weighted by molar-refractivity contribution is -0.137. The van der Waals surface area contributed by atoms with Gasteiger partial charge in [0.25, 0.3) is 5.91 Å². The van der Waals surface area contributed by atoms with E-state index in [1.54, 1.807) is 25.1 Å². The van der Waals surface area contributed by atoms with Crippen LogP contribution < -0.4 is 16.4 Å². The average Bonchev–Trinajstić information content (AvgIpc) is 3.10. The first-order valence-electron chi connectivity index (χ1n) is 9.69. The number of benzene rings is 2. The van der Waals surface area contributed by atoms with Crippen LogP contribution in [-0.2, 0) is 14.3 Å². The molecule has 1 fully saturated rings. The van der Waals surface area contributed by atoms with Crippen molar-refractivity contribution in [3.63, 3.8) is 0 Å². The van der Waals surface area contributed by atoms with Crippen LogP contribution in [0.5, 0.6) is 0 Å². The number of carbonyl (C=O) groups excluding carboxylic acids is 3. The predicted molar refractivity (Wildman–Crippen MR) is 111 cm³/mol. The van der Waals surface area contributed by atoms with Crippen LogP contribution in [0.15, 0.2) is 48.6 Å². The molecule has 152 valence electrons. The molecule has 0 bridgehead atoms. The minimum absolute atomic E-state index is 0.0426. The molecule has 1 heterocycles. The molecule has 1 aliphatic rings. The fourth-order valence-electron chi connectivity index (χ4n) is 3.45. The highest BCUT2D eigenvalue weighted by atomic mass is 16.5.